The summed E-state index contributed by atoms with van der Waals surface area (Å²) in [5, 5.41) is 25.8. The average molecular weight is 294 g/mol. The lowest BCUT2D eigenvalue weighted by atomic mass is 10.2. The highest BCUT2D eigenvalue weighted by atomic mass is 16.6. The first kappa shape index (κ1) is 16.1. The molecule has 1 rings (SSSR count). The molecule has 0 spiro atoms. The Hall–Kier alpha value is -2.97. The van der Waals surface area contributed by atoms with Gasteiger partial charge < -0.3 is 10.4 Å². The molecule has 0 aliphatic rings. The number of carbonyl (C=O) groups is 2. The van der Waals surface area contributed by atoms with Gasteiger partial charge in [-0.25, -0.2) is 5.43 Å². The summed E-state index contributed by atoms with van der Waals surface area (Å²) in [7, 11) is 0. The van der Waals surface area contributed by atoms with E-state index in [1.807, 2.05) is 12.3 Å². The van der Waals surface area contributed by atoms with Crippen molar-refractivity contribution in [2.45, 2.75) is 13.3 Å². The number of carbonyl (C=O) groups excluding carboxylic acids is 2. The lowest BCUT2D eigenvalue weighted by Gasteiger charge is -2.01. The van der Waals surface area contributed by atoms with E-state index in [1.54, 1.807) is 0 Å². The maximum Gasteiger partial charge on any atom is 0.329 e. The smallest absolute Gasteiger partial charge is 0.329 e. The van der Waals surface area contributed by atoms with Gasteiger partial charge >= 0.3 is 17.5 Å². The normalized spacial score (nSPS) is 10.3. The standard InChI is InChI=1S/C12H14N4O5/c1-2-5-13-11(18)12(19)15-14-7-8-3-4-10(17)9(6-8)16(20)21/h3-4,6-7,17H,2,5H2,1H3,(H,13,18)(H,15,19)/b14-7+. The largest absolute Gasteiger partial charge is 0.502 e. The number of phenolic OH excluding ortho intramolecular Hbond substituents is 1. The molecule has 0 aliphatic carbocycles. The number of aromatic hydroxyl groups is 1. The lowest BCUT2D eigenvalue weighted by molar-refractivity contribution is -0.385. The molecule has 3 N–H and O–H groups in total. The Morgan fingerprint density at radius 1 is 1.43 bits per heavy atom. The summed E-state index contributed by atoms with van der Waals surface area (Å²) < 4.78 is 0. The van der Waals surface area contributed by atoms with Gasteiger partial charge in [0.25, 0.3) is 0 Å². The molecular weight excluding hydrogens is 280 g/mol. The van der Waals surface area contributed by atoms with Gasteiger partial charge in [0.2, 0.25) is 0 Å². The second kappa shape index (κ2) is 7.58. The molecule has 2 amide bonds. The fraction of sp³-hybridized carbons (Fsp3) is 0.250. The zero-order valence-corrected chi connectivity index (χ0v) is 11.2. The van der Waals surface area contributed by atoms with Gasteiger partial charge in [0.15, 0.2) is 5.75 Å². The molecule has 0 radical (unpaired) electrons. The van der Waals surface area contributed by atoms with E-state index in [2.05, 4.69) is 10.4 Å². The number of rotatable bonds is 5. The Balaban J connectivity index is 2.65. The van der Waals surface area contributed by atoms with Gasteiger partial charge in [0.05, 0.1) is 11.1 Å². The number of hydrazone groups is 1. The highest BCUT2D eigenvalue weighted by molar-refractivity contribution is 6.35. The van der Waals surface area contributed by atoms with Gasteiger partial charge in [-0.15, -0.1) is 0 Å². The summed E-state index contributed by atoms with van der Waals surface area (Å²) >= 11 is 0. The summed E-state index contributed by atoms with van der Waals surface area (Å²) in [5.41, 5.74) is 1.79. The second-order valence-electron chi connectivity index (χ2n) is 3.96. The average Bonchev–Trinajstić information content (AvgIpc) is 2.45. The number of nitro groups is 1. The van der Waals surface area contributed by atoms with E-state index < -0.39 is 28.2 Å². The van der Waals surface area contributed by atoms with Crippen LogP contribution in [0.2, 0.25) is 0 Å². The molecule has 1 aromatic rings. The Labute approximate surface area is 119 Å². The van der Waals surface area contributed by atoms with E-state index in [-0.39, 0.29) is 5.56 Å². The summed E-state index contributed by atoms with van der Waals surface area (Å²) in [6, 6.07) is 3.59. The highest BCUT2D eigenvalue weighted by Gasteiger charge is 2.13. The third-order valence-corrected chi connectivity index (χ3v) is 2.32. The van der Waals surface area contributed by atoms with Gasteiger partial charge in [-0.2, -0.15) is 5.10 Å². The van der Waals surface area contributed by atoms with E-state index in [9.17, 15) is 24.8 Å². The van der Waals surface area contributed by atoms with Crippen molar-refractivity contribution in [3.05, 3.63) is 33.9 Å². The maximum atomic E-state index is 11.3. The molecule has 0 heterocycles. The van der Waals surface area contributed by atoms with Crippen LogP contribution >= 0.6 is 0 Å². The zero-order valence-electron chi connectivity index (χ0n) is 11.2. The van der Waals surface area contributed by atoms with Crippen LogP contribution in [-0.2, 0) is 9.59 Å². The molecule has 112 valence electrons. The van der Waals surface area contributed by atoms with Crippen molar-refractivity contribution >= 4 is 23.7 Å². The summed E-state index contributed by atoms with van der Waals surface area (Å²) in [6.45, 7) is 2.22. The number of hydrogen-bond donors (Lipinski definition) is 3. The van der Waals surface area contributed by atoms with Crippen LogP contribution in [-0.4, -0.2) is 34.6 Å². The number of benzene rings is 1. The molecular formula is C12H14N4O5. The minimum Gasteiger partial charge on any atom is -0.502 e. The van der Waals surface area contributed by atoms with Crippen molar-refractivity contribution in [1.82, 2.24) is 10.7 Å². The van der Waals surface area contributed by atoms with E-state index in [0.717, 1.165) is 18.3 Å². The number of nitrogens with one attached hydrogen (secondary N) is 2. The van der Waals surface area contributed by atoms with Crippen LogP contribution in [0.3, 0.4) is 0 Å². The molecule has 1 aromatic carbocycles. The minimum absolute atomic E-state index is 0.286. The van der Waals surface area contributed by atoms with Crippen LogP contribution in [0.15, 0.2) is 23.3 Å². The summed E-state index contributed by atoms with van der Waals surface area (Å²) in [6.07, 6.45) is 1.82. The van der Waals surface area contributed by atoms with Crippen LogP contribution in [0, 0.1) is 10.1 Å². The topological polar surface area (TPSA) is 134 Å². The Morgan fingerprint density at radius 3 is 2.76 bits per heavy atom. The first-order chi connectivity index (χ1) is 9.95. The fourth-order valence-electron chi connectivity index (χ4n) is 1.30. The van der Waals surface area contributed by atoms with Gasteiger partial charge in [0, 0.05) is 18.2 Å². The maximum absolute atomic E-state index is 11.3. The molecule has 9 heteroatoms. The fourth-order valence-corrected chi connectivity index (χ4v) is 1.30. The minimum atomic E-state index is -0.937. The molecule has 0 atom stereocenters. The molecule has 0 aromatic heterocycles. The third kappa shape index (κ3) is 4.90. The Bertz CT molecular complexity index is 585. The van der Waals surface area contributed by atoms with Crippen molar-refractivity contribution in [1.29, 1.82) is 0 Å². The quantitative estimate of drug-likeness (QED) is 0.310. The van der Waals surface area contributed by atoms with E-state index in [0.29, 0.717) is 13.0 Å². The SMILES string of the molecule is CCCNC(=O)C(=O)N/N=C/c1ccc(O)c([N+](=O)[O-])c1. The molecule has 9 nitrogen and oxygen atoms in total. The van der Waals surface area contributed by atoms with Gasteiger partial charge in [-0.05, 0) is 18.6 Å². The van der Waals surface area contributed by atoms with Crippen LogP contribution < -0.4 is 10.7 Å². The Kier molecular flexibility index (Phi) is 5.80. The van der Waals surface area contributed by atoms with Crippen LogP contribution in [0.4, 0.5) is 5.69 Å². The molecule has 0 saturated heterocycles. The van der Waals surface area contributed by atoms with E-state index in [1.165, 1.54) is 6.07 Å². The molecule has 21 heavy (non-hydrogen) atoms. The van der Waals surface area contributed by atoms with E-state index in [4.69, 9.17) is 0 Å². The van der Waals surface area contributed by atoms with Crippen molar-refractivity contribution in [2.75, 3.05) is 6.54 Å². The number of amides is 2. The Morgan fingerprint density at radius 2 is 2.14 bits per heavy atom. The van der Waals surface area contributed by atoms with Crippen molar-refractivity contribution in [3.63, 3.8) is 0 Å². The number of phenols is 1. The second-order valence-corrected chi connectivity index (χ2v) is 3.96. The van der Waals surface area contributed by atoms with Crippen molar-refractivity contribution < 1.29 is 19.6 Å². The van der Waals surface area contributed by atoms with Gasteiger partial charge in [-0.3, -0.25) is 19.7 Å². The highest BCUT2D eigenvalue weighted by Crippen LogP contribution is 2.25. The monoisotopic (exact) mass is 294 g/mol. The predicted molar refractivity (Wildman–Crippen MR) is 73.8 cm³/mol. The van der Waals surface area contributed by atoms with Crippen molar-refractivity contribution in [3.8, 4) is 5.75 Å². The predicted octanol–water partition coefficient (Wildman–Crippen LogP) is 0.277. The van der Waals surface area contributed by atoms with E-state index >= 15 is 0 Å². The van der Waals surface area contributed by atoms with Crippen LogP contribution in [0.25, 0.3) is 0 Å². The number of nitrogens with zero attached hydrogens (tertiary/aromatic N) is 2. The first-order valence-electron chi connectivity index (χ1n) is 6.04. The molecule has 0 fully saturated rings. The summed E-state index contributed by atoms with van der Waals surface area (Å²) in [4.78, 5) is 32.4. The summed E-state index contributed by atoms with van der Waals surface area (Å²) in [5.74, 6) is -2.22. The zero-order chi connectivity index (χ0) is 15.8. The molecule has 0 unspecified atom stereocenters. The number of nitro benzene ring substituents is 1. The van der Waals surface area contributed by atoms with Crippen LogP contribution in [0.5, 0.6) is 5.75 Å². The van der Waals surface area contributed by atoms with Crippen molar-refractivity contribution in [2.24, 2.45) is 5.10 Å². The van der Waals surface area contributed by atoms with Gasteiger partial charge in [0.1, 0.15) is 0 Å². The molecule has 0 aliphatic heterocycles. The third-order valence-electron chi connectivity index (χ3n) is 2.32. The number of hydrogen-bond acceptors (Lipinski definition) is 6. The molecule has 0 bridgehead atoms. The lowest BCUT2D eigenvalue weighted by Crippen LogP contribution is -2.38. The van der Waals surface area contributed by atoms with Gasteiger partial charge in [-0.1, -0.05) is 6.92 Å². The first-order valence-corrected chi connectivity index (χ1v) is 6.04. The molecule has 0 saturated carbocycles. The van der Waals surface area contributed by atoms with Crippen LogP contribution in [0.1, 0.15) is 18.9 Å².